The zero-order valence-corrected chi connectivity index (χ0v) is 19.5. The van der Waals surface area contributed by atoms with E-state index in [2.05, 4.69) is 32.1 Å². The fourth-order valence-corrected chi connectivity index (χ4v) is 5.34. The Morgan fingerprint density at radius 2 is 1.84 bits per heavy atom. The van der Waals surface area contributed by atoms with Crippen LogP contribution in [0.2, 0.25) is 0 Å². The zero-order chi connectivity index (χ0) is 24.1. The molecule has 0 saturated carbocycles. The topological polar surface area (TPSA) is 250 Å². The van der Waals surface area contributed by atoms with Gasteiger partial charge in [-0.2, -0.15) is 12.6 Å². The third kappa shape index (κ3) is 6.11. The molecule has 0 aromatic carbocycles. The van der Waals surface area contributed by atoms with E-state index in [1.54, 1.807) is 0 Å². The van der Waals surface area contributed by atoms with E-state index < -0.39 is 59.5 Å². The minimum absolute atomic E-state index is 0.0199. The van der Waals surface area contributed by atoms with Gasteiger partial charge in [0.1, 0.15) is 37.2 Å². The molecule has 21 heteroatoms. The minimum Gasteiger partial charge on any atom is -0.349 e. The molecule has 32 heavy (non-hydrogen) atoms. The first-order valence-corrected chi connectivity index (χ1v) is 13.6. The molecular weight excluding hydrogens is 521 g/mol. The summed E-state index contributed by atoms with van der Waals surface area (Å²) in [6, 6.07) is 0. The number of phosphoric acid groups is 3. The van der Waals surface area contributed by atoms with Crippen molar-refractivity contribution in [3.63, 3.8) is 0 Å². The lowest BCUT2D eigenvalue weighted by Gasteiger charge is -2.32. The van der Waals surface area contributed by atoms with Crippen LogP contribution in [0.15, 0.2) is 15.0 Å². The largest absolute Gasteiger partial charge is 0.472 e. The van der Waals surface area contributed by atoms with Crippen LogP contribution in [0.1, 0.15) is 6.92 Å². The van der Waals surface area contributed by atoms with Crippen LogP contribution in [0.25, 0.3) is 0 Å². The molecule has 0 aromatic rings. The number of hydrogen-bond acceptors (Lipinski definition) is 12. The van der Waals surface area contributed by atoms with Crippen LogP contribution >= 0.6 is 36.1 Å². The van der Waals surface area contributed by atoms with E-state index in [4.69, 9.17) is 23.6 Å². The van der Waals surface area contributed by atoms with E-state index in [1.165, 1.54) is 11.8 Å². The normalized spacial score (nSPS) is 33.3. The standard InChI is InChI=1S/C11H19N4O13P3S/c1-11(28-31(22,23)24)8-9(12-3-14-11)15(4-13-8)10-7(32)6(27-30(19,20)21)5(26-10)2-25-29(16,17)18/h3,5-7,10,32H,2,4H2,1H3,(H2,16,17,18)(H2,19,20,21)(H2,22,23,24)/t5-,6-,7-,10-,11?/m1/s1. The highest BCUT2D eigenvalue weighted by Crippen LogP contribution is 2.47. The summed E-state index contributed by atoms with van der Waals surface area (Å²) >= 11 is 4.28. The van der Waals surface area contributed by atoms with Crippen LogP contribution in [-0.2, 0) is 32.0 Å². The van der Waals surface area contributed by atoms with Gasteiger partial charge in [-0.3, -0.25) is 18.6 Å². The molecule has 3 rings (SSSR count). The molecule has 0 radical (unpaired) electrons. The summed E-state index contributed by atoms with van der Waals surface area (Å²) in [6.45, 7) is 0.245. The minimum atomic E-state index is -5.07. The molecule has 0 aromatic heterocycles. The second kappa shape index (κ2) is 8.91. The molecule has 3 aliphatic heterocycles. The van der Waals surface area contributed by atoms with Crippen molar-refractivity contribution in [2.45, 2.75) is 36.3 Å². The van der Waals surface area contributed by atoms with Gasteiger partial charge in [0.05, 0.1) is 11.9 Å². The third-order valence-corrected chi connectivity index (χ3v) is 6.51. The van der Waals surface area contributed by atoms with Crippen LogP contribution in [0.3, 0.4) is 0 Å². The van der Waals surface area contributed by atoms with Crippen LogP contribution in [0, 0.1) is 0 Å². The highest BCUT2D eigenvalue weighted by Gasteiger charge is 2.53. The Morgan fingerprint density at radius 3 is 2.41 bits per heavy atom. The molecule has 0 aliphatic carbocycles. The molecule has 1 unspecified atom stereocenters. The van der Waals surface area contributed by atoms with Crippen molar-refractivity contribution in [3.8, 4) is 0 Å². The van der Waals surface area contributed by atoms with E-state index in [0.717, 1.165) is 6.34 Å². The van der Waals surface area contributed by atoms with Crippen LogP contribution < -0.4 is 0 Å². The second-order valence-electron chi connectivity index (χ2n) is 6.78. The van der Waals surface area contributed by atoms with Crippen molar-refractivity contribution in [3.05, 3.63) is 0 Å². The number of phosphoric ester groups is 3. The molecule has 1 saturated heterocycles. The molecular formula is C11H19N4O13P3S. The first kappa shape index (κ1) is 26.1. The summed E-state index contributed by atoms with van der Waals surface area (Å²) in [5, 5.41) is -1.11. The van der Waals surface area contributed by atoms with E-state index >= 15 is 0 Å². The maximum Gasteiger partial charge on any atom is 0.472 e. The molecule has 3 aliphatic rings. The Kier molecular flexibility index (Phi) is 7.25. The van der Waals surface area contributed by atoms with Gasteiger partial charge in [-0.25, -0.2) is 23.7 Å². The van der Waals surface area contributed by atoms with Gasteiger partial charge in [0, 0.05) is 0 Å². The summed E-state index contributed by atoms with van der Waals surface area (Å²) in [5.41, 5.74) is -1.95. The van der Waals surface area contributed by atoms with Crippen molar-refractivity contribution < 1.29 is 61.4 Å². The number of nitrogens with zero attached hydrogens (tertiary/aromatic N) is 4. The van der Waals surface area contributed by atoms with Crippen LogP contribution in [0.4, 0.5) is 0 Å². The van der Waals surface area contributed by atoms with E-state index in [0.29, 0.717) is 0 Å². The molecule has 5 atom stereocenters. The van der Waals surface area contributed by atoms with Crippen molar-refractivity contribution in [2.24, 2.45) is 15.0 Å². The van der Waals surface area contributed by atoms with Gasteiger partial charge in [0.25, 0.3) is 0 Å². The lowest BCUT2D eigenvalue weighted by Crippen LogP contribution is -2.50. The van der Waals surface area contributed by atoms with Gasteiger partial charge in [0.2, 0.25) is 5.72 Å². The Hall–Kier alpha value is -0.550. The highest BCUT2D eigenvalue weighted by atomic mass is 32.1. The maximum absolute atomic E-state index is 11.4. The molecule has 182 valence electrons. The van der Waals surface area contributed by atoms with E-state index in [-0.39, 0.29) is 18.2 Å². The maximum atomic E-state index is 11.4. The van der Waals surface area contributed by atoms with Crippen molar-refractivity contribution in [2.75, 3.05) is 13.3 Å². The molecule has 0 amide bonds. The van der Waals surface area contributed by atoms with Crippen LogP contribution in [-0.4, -0.2) is 94.8 Å². The van der Waals surface area contributed by atoms with Crippen molar-refractivity contribution in [1.29, 1.82) is 0 Å². The zero-order valence-electron chi connectivity index (χ0n) is 15.9. The molecule has 0 bridgehead atoms. The predicted octanol–water partition coefficient (Wildman–Crippen LogP) is -1.42. The number of aliphatic imine (C=N–C) groups is 3. The van der Waals surface area contributed by atoms with Gasteiger partial charge in [-0.05, 0) is 6.92 Å². The third-order valence-electron chi connectivity index (χ3n) is 4.37. The monoisotopic (exact) mass is 540 g/mol. The number of thiol groups is 1. The fraction of sp³-hybridized carbons (Fsp3) is 0.727. The fourth-order valence-electron chi connectivity index (χ4n) is 3.23. The predicted molar refractivity (Wildman–Crippen MR) is 108 cm³/mol. The summed E-state index contributed by atoms with van der Waals surface area (Å²) < 4.78 is 53.2. The van der Waals surface area contributed by atoms with E-state index in [1.807, 2.05) is 0 Å². The Labute approximate surface area is 185 Å². The van der Waals surface area contributed by atoms with Gasteiger partial charge in [-0.15, -0.1) is 0 Å². The SMILES string of the molecule is CC1(OP(=O)(O)O)N=CN=C2C1=NCN2[C@@H]1O[C@H](COP(=O)(O)O)[C@@H](OP(=O)(O)O)[C@H]1S. The summed E-state index contributed by atoms with van der Waals surface area (Å²) in [4.78, 5) is 67.9. The van der Waals surface area contributed by atoms with Gasteiger partial charge < -0.3 is 39.0 Å². The average Bonchev–Trinajstić information content (AvgIpc) is 3.13. The number of amidine groups is 1. The molecule has 3 heterocycles. The summed E-state index contributed by atoms with van der Waals surface area (Å²) in [6.07, 6.45) is -3.04. The molecule has 1 fully saturated rings. The quantitative estimate of drug-likeness (QED) is 0.138. The number of ether oxygens (including phenoxy) is 1. The first-order valence-electron chi connectivity index (χ1n) is 8.46. The summed E-state index contributed by atoms with van der Waals surface area (Å²) in [7, 11) is -15.0. The lowest BCUT2D eigenvalue weighted by atomic mass is 10.1. The Balaban J connectivity index is 1.84. The summed E-state index contributed by atoms with van der Waals surface area (Å²) in [5.74, 6) is 0.0199. The van der Waals surface area contributed by atoms with Crippen LogP contribution in [0.5, 0.6) is 0 Å². The Bertz CT molecular complexity index is 990. The number of hydrogen-bond donors (Lipinski definition) is 7. The van der Waals surface area contributed by atoms with Gasteiger partial charge >= 0.3 is 23.5 Å². The average molecular weight is 540 g/mol. The number of fused-ring (bicyclic) bond motifs is 1. The Morgan fingerprint density at radius 1 is 1.19 bits per heavy atom. The molecule has 6 N–H and O–H groups in total. The molecule has 17 nitrogen and oxygen atoms in total. The highest BCUT2D eigenvalue weighted by molar-refractivity contribution is 7.81. The van der Waals surface area contributed by atoms with Crippen molar-refractivity contribution in [1.82, 2.24) is 4.90 Å². The lowest BCUT2D eigenvalue weighted by molar-refractivity contribution is -0.0541. The molecule has 0 spiro atoms. The second-order valence-corrected chi connectivity index (χ2v) is 11.0. The van der Waals surface area contributed by atoms with E-state index in [9.17, 15) is 33.3 Å². The van der Waals surface area contributed by atoms with Crippen molar-refractivity contribution >= 4 is 54.0 Å². The first-order chi connectivity index (χ1) is 14.5. The smallest absolute Gasteiger partial charge is 0.349 e. The van der Waals surface area contributed by atoms with Gasteiger partial charge in [-0.1, -0.05) is 0 Å². The number of rotatable bonds is 8. The van der Waals surface area contributed by atoms with Gasteiger partial charge in [0.15, 0.2) is 5.84 Å².